The topological polar surface area (TPSA) is 43.4 Å². The van der Waals surface area contributed by atoms with Crippen LogP contribution in [0.1, 0.15) is 16.9 Å². The van der Waals surface area contributed by atoms with E-state index in [0.717, 1.165) is 14.2 Å². The summed E-state index contributed by atoms with van der Waals surface area (Å²) >= 11 is 8.13. The molecule has 94 valence electrons. The molecule has 0 unspecified atom stereocenters. The van der Waals surface area contributed by atoms with E-state index in [0.29, 0.717) is 24.6 Å². The number of ether oxygens (including phenoxy) is 1. The van der Waals surface area contributed by atoms with Crippen LogP contribution >= 0.6 is 43.2 Å². The Morgan fingerprint density at radius 3 is 2.76 bits per heavy atom. The van der Waals surface area contributed by atoms with Crippen LogP contribution in [0.25, 0.3) is 0 Å². The summed E-state index contributed by atoms with van der Waals surface area (Å²) in [5.41, 5.74) is 0.985. The Labute approximate surface area is 121 Å². The van der Waals surface area contributed by atoms with Gasteiger partial charge in [0.2, 0.25) is 0 Å². The molecule has 1 aromatic rings. The van der Waals surface area contributed by atoms with E-state index in [1.165, 1.54) is 7.11 Å². The normalized spacial score (nSPS) is 10.3. The minimum absolute atomic E-state index is 0.142. The van der Waals surface area contributed by atoms with E-state index in [9.17, 15) is 9.59 Å². The third-order valence-corrected chi connectivity index (χ3v) is 4.79. The Morgan fingerprint density at radius 2 is 2.18 bits per heavy atom. The van der Waals surface area contributed by atoms with Gasteiger partial charge in [-0.2, -0.15) is 0 Å². The second-order valence-corrected chi connectivity index (χ2v) is 6.45. The zero-order chi connectivity index (χ0) is 12.8. The number of thiophene rings is 1. The lowest BCUT2D eigenvalue weighted by Crippen LogP contribution is -2.03. The van der Waals surface area contributed by atoms with Crippen molar-refractivity contribution in [3.63, 3.8) is 0 Å². The molecule has 1 rings (SSSR count). The molecule has 0 spiro atoms. The number of rotatable bonds is 6. The van der Waals surface area contributed by atoms with Gasteiger partial charge in [0.15, 0.2) is 0 Å². The molecule has 0 aliphatic heterocycles. The highest BCUT2D eigenvalue weighted by Crippen LogP contribution is 2.29. The van der Waals surface area contributed by atoms with E-state index in [1.807, 2.05) is 6.07 Å². The Balaban J connectivity index is 2.61. The molecule has 3 nitrogen and oxygen atoms in total. The van der Waals surface area contributed by atoms with Crippen molar-refractivity contribution >= 4 is 54.9 Å². The minimum Gasteiger partial charge on any atom is -0.469 e. The Kier molecular flexibility index (Phi) is 6.37. The van der Waals surface area contributed by atoms with E-state index >= 15 is 0 Å². The molecule has 1 aromatic heterocycles. The summed E-state index contributed by atoms with van der Waals surface area (Å²) in [5, 5.41) is 0.368. The third-order valence-electron chi connectivity index (χ3n) is 2.15. The molecule has 6 heteroatoms. The molecule has 0 saturated heterocycles. The largest absolute Gasteiger partial charge is 0.469 e. The van der Waals surface area contributed by atoms with E-state index in [2.05, 4.69) is 36.6 Å². The number of carbonyl (C=O) groups is 2. The fourth-order valence-corrected chi connectivity index (χ4v) is 3.27. The third kappa shape index (κ3) is 4.89. The Hall–Kier alpha value is -0.200. The van der Waals surface area contributed by atoms with Gasteiger partial charge in [-0.1, -0.05) is 15.9 Å². The van der Waals surface area contributed by atoms with Gasteiger partial charge in [-0.05, 0) is 34.0 Å². The molecule has 1 heterocycles. The number of esters is 1. The number of hydrogen-bond donors (Lipinski definition) is 0. The van der Waals surface area contributed by atoms with Crippen molar-refractivity contribution in [2.45, 2.75) is 19.3 Å². The summed E-state index contributed by atoms with van der Waals surface area (Å²) in [7, 11) is 1.38. The van der Waals surface area contributed by atoms with E-state index < -0.39 is 0 Å². The first-order chi connectivity index (χ1) is 8.06. The number of carbonyl (C=O) groups excluding carboxylic acids is 2. The monoisotopic (exact) mass is 382 g/mol. The molecule has 0 radical (unpaired) electrons. The molecule has 0 N–H and O–H groups in total. The van der Waals surface area contributed by atoms with Crippen molar-refractivity contribution in [1.29, 1.82) is 0 Å². The molecular formula is C11H12Br2O3S. The van der Waals surface area contributed by atoms with Crippen molar-refractivity contribution in [1.82, 2.24) is 0 Å². The van der Waals surface area contributed by atoms with Gasteiger partial charge in [0, 0.05) is 11.3 Å². The smallest absolute Gasteiger partial charge is 0.305 e. The van der Waals surface area contributed by atoms with Crippen molar-refractivity contribution < 1.29 is 14.3 Å². The molecule has 0 aliphatic carbocycles. The molecule has 0 aromatic carbocycles. The summed E-state index contributed by atoms with van der Waals surface area (Å²) in [5.74, 6) is -0.0735. The van der Waals surface area contributed by atoms with Crippen molar-refractivity contribution in [2.24, 2.45) is 0 Å². The number of hydrogen-bond acceptors (Lipinski definition) is 4. The molecule has 0 saturated carbocycles. The number of Topliss-reactive ketones (excluding diaryl/α,β-unsaturated/α-hetero) is 1. The van der Waals surface area contributed by atoms with Gasteiger partial charge in [-0.3, -0.25) is 9.59 Å². The molecule has 0 bridgehead atoms. The lowest BCUT2D eigenvalue weighted by Gasteiger charge is -1.96. The average molecular weight is 384 g/mol. The number of methoxy groups -OCH3 is 1. The summed E-state index contributed by atoms with van der Waals surface area (Å²) in [6, 6.07) is 1.97. The zero-order valence-corrected chi connectivity index (χ0v) is 13.3. The van der Waals surface area contributed by atoms with Crippen LogP contribution < -0.4 is 0 Å². The van der Waals surface area contributed by atoms with Crippen molar-refractivity contribution in [2.75, 3.05) is 12.4 Å². The Morgan fingerprint density at radius 1 is 1.47 bits per heavy atom. The van der Waals surface area contributed by atoms with Crippen molar-refractivity contribution in [3.05, 3.63) is 20.3 Å². The number of ketones is 1. The second-order valence-electron chi connectivity index (χ2n) is 3.44. The first kappa shape index (κ1) is 14.9. The van der Waals surface area contributed by atoms with Crippen LogP contribution in [0.3, 0.4) is 0 Å². The van der Waals surface area contributed by atoms with Crippen LogP contribution in [-0.4, -0.2) is 24.2 Å². The molecule has 0 amide bonds. The summed E-state index contributed by atoms with van der Waals surface area (Å²) < 4.78 is 5.55. The van der Waals surface area contributed by atoms with Crippen LogP contribution in [0, 0.1) is 0 Å². The second kappa shape index (κ2) is 7.28. The summed E-state index contributed by atoms with van der Waals surface area (Å²) in [4.78, 5) is 23.4. The molecular weight excluding hydrogens is 372 g/mol. The first-order valence-corrected chi connectivity index (χ1v) is 7.71. The first-order valence-electron chi connectivity index (χ1n) is 4.98. The van der Waals surface area contributed by atoms with E-state index in [-0.39, 0.29) is 11.8 Å². The maximum absolute atomic E-state index is 11.3. The highest BCUT2D eigenvalue weighted by molar-refractivity contribution is 9.11. The molecule has 17 heavy (non-hydrogen) atoms. The SMILES string of the molecule is COC(=O)CCc1cc(CC(=O)CBr)c(Br)s1. The van der Waals surface area contributed by atoms with Gasteiger partial charge >= 0.3 is 5.97 Å². The summed E-state index contributed by atoms with van der Waals surface area (Å²) in [6.07, 6.45) is 1.44. The predicted octanol–water partition coefficient (Wildman–Crippen LogP) is 3.12. The maximum Gasteiger partial charge on any atom is 0.305 e. The lowest BCUT2D eigenvalue weighted by atomic mass is 10.1. The van der Waals surface area contributed by atoms with E-state index in [4.69, 9.17) is 0 Å². The molecule has 0 aliphatic rings. The molecule has 0 fully saturated rings. The number of halogens is 2. The zero-order valence-electron chi connectivity index (χ0n) is 9.29. The quantitative estimate of drug-likeness (QED) is 0.559. The number of aryl methyl sites for hydroxylation is 1. The number of alkyl halides is 1. The van der Waals surface area contributed by atoms with Gasteiger partial charge in [0.25, 0.3) is 0 Å². The van der Waals surface area contributed by atoms with Gasteiger partial charge in [0.1, 0.15) is 5.78 Å². The van der Waals surface area contributed by atoms with Crippen LogP contribution in [-0.2, 0) is 27.2 Å². The minimum atomic E-state index is -0.215. The summed E-state index contributed by atoms with van der Waals surface area (Å²) in [6.45, 7) is 0. The lowest BCUT2D eigenvalue weighted by molar-refractivity contribution is -0.140. The van der Waals surface area contributed by atoms with Gasteiger partial charge in [0.05, 0.1) is 22.6 Å². The van der Waals surface area contributed by atoms with Crippen molar-refractivity contribution in [3.8, 4) is 0 Å². The highest BCUT2D eigenvalue weighted by atomic mass is 79.9. The van der Waals surface area contributed by atoms with Crippen LogP contribution in [0.15, 0.2) is 9.85 Å². The van der Waals surface area contributed by atoms with E-state index in [1.54, 1.807) is 11.3 Å². The van der Waals surface area contributed by atoms with Gasteiger partial charge in [-0.25, -0.2) is 0 Å². The highest BCUT2D eigenvalue weighted by Gasteiger charge is 2.11. The van der Waals surface area contributed by atoms with Crippen LogP contribution in [0.4, 0.5) is 0 Å². The van der Waals surface area contributed by atoms with Gasteiger partial charge in [-0.15, -0.1) is 11.3 Å². The standard InChI is InChI=1S/C11H12Br2O3S/c1-16-10(15)3-2-9-5-7(11(13)17-9)4-8(14)6-12/h5H,2-4,6H2,1H3. The fourth-order valence-electron chi connectivity index (χ4n) is 1.29. The van der Waals surface area contributed by atoms with Crippen LogP contribution in [0.5, 0.6) is 0 Å². The Bertz CT molecular complexity index is 415. The molecule has 0 atom stereocenters. The average Bonchev–Trinajstić information content (AvgIpc) is 2.66. The van der Waals surface area contributed by atoms with Crippen LogP contribution in [0.2, 0.25) is 0 Å². The fraction of sp³-hybridized carbons (Fsp3) is 0.455. The van der Waals surface area contributed by atoms with Gasteiger partial charge < -0.3 is 4.74 Å². The predicted molar refractivity (Wildman–Crippen MR) is 74.9 cm³/mol. The maximum atomic E-state index is 11.3.